The lowest BCUT2D eigenvalue weighted by molar-refractivity contribution is -0.113. The number of aromatic nitrogens is 4. The van der Waals surface area contributed by atoms with E-state index in [2.05, 4.69) is 33.8 Å². The lowest BCUT2D eigenvalue weighted by atomic mass is 9.89. The normalized spacial score (nSPS) is 15.6. The molecule has 0 fully saturated rings. The van der Waals surface area contributed by atoms with Gasteiger partial charge in [-0.05, 0) is 53.3 Å². The number of rotatable bonds is 5. The fourth-order valence-corrected chi connectivity index (χ4v) is 5.32. The predicted octanol–water partition coefficient (Wildman–Crippen LogP) is 3.45. The van der Waals surface area contributed by atoms with Crippen LogP contribution < -0.4 is 5.32 Å². The molecule has 7 nitrogen and oxygen atoms in total. The van der Waals surface area contributed by atoms with Crippen molar-refractivity contribution in [1.82, 2.24) is 20.2 Å². The quantitative estimate of drug-likeness (QED) is 0.647. The van der Waals surface area contributed by atoms with Crippen molar-refractivity contribution in [3.05, 3.63) is 46.3 Å². The summed E-state index contributed by atoms with van der Waals surface area (Å²) in [4.78, 5) is 13.7. The van der Waals surface area contributed by atoms with Gasteiger partial charge in [0.05, 0.1) is 17.0 Å². The Bertz CT molecular complexity index is 1040. The number of anilines is 1. The minimum absolute atomic E-state index is 0.164. The van der Waals surface area contributed by atoms with Crippen LogP contribution in [0.2, 0.25) is 0 Å². The molecule has 0 spiro atoms. The minimum atomic E-state index is -0.171. The molecule has 1 aliphatic rings. The van der Waals surface area contributed by atoms with Crippen LogP contribution in [0.15, 0.2) is 35.5 Å². The largest absolute Gasteiger partial charge is 0.316 e. The van der Waals surface area contributed by atoms with E-state index in [1.54, 1.807) is 4.68 Å². The first-order valence-corrected chi connectivity index (χ1v) is 10.8. The Hall–Kier alpha value is -2.70. The summed E-state index contributed by atoms with van der Waals surface area (Å²) in [7, 11) is 0. The molecule has 3 aromatic rings. The zero-order valence-electron chi connectivity index (χ0n) is 15.3. The van der Waals surface area contributed by atoms with Gasteiger partial charge in [0.1, 0.15) is 11.1 Å². The maximum Gasteiger partial charge on any atom is 0.235 e. The second-order valence-corrected chi connectivity index (χ2v) is 8.76. The summed E-state index contributed by atoms with van der Waals surface area (Å²) < 4.78 is 1.60. The summed E-state index contributed by atoms with van der Waals surface area (Å²) in [5, 5.41) is 25.4. The molecule has 1 N–H and O–H groups in total. The molecule has 2 heterocycles. The third-order valence-electron chi connectivity index (χ3n) is 4.65. The fourth-order valence-electron chi connectivity index (χ4n) is 3.25. The van der Waals surface area contributed by atoms with Crippen molar-refractivity contribution in [1.29, 1.82) is 5.26 Å². The summed E-state index contributed by atoms with van der Waals surface area (Å²) in [5.74, 6) is 0.612. The average Bonchev–Trinajstić information content (AvgIpc) is 3.30. The number of hydrogen-bond donors (Lipinski definition) is 1. The van der Waals surface area contributed by atoms with Gasteiger partial charge in [-0.3, -0.25) is 4.79 Å². The van der Waals surface area contributed by atoms with E-state index >= 15 is 0 Å². The molecule has 1 aromatic carbocycles. The third kappa shape index (κ3) is 3.79. The molecular formula is C19H18N6OS2. The fraction of sp³-hybridized carbons (Fsp3) is 0.316. The zero-order chi connectivity index (χ0) is 19.5. The monoisotopic (exact) mass is 410 g/mol. The highest BCUT2D eigenvalue weighted by molar-refractivity contribution is 7.99. The summed E-state index contributed by atoms with van der Waals surface area (Å²) in [6, 6.07) is 11.8. The Morgan fingerprint density at radius 2 is 2.25 bits per heavy atom. The number of nitriles is 1. The maximum atomic E-state index is 12.5. The molecule has 0 aliphatic heterocycles. The Labute approximate surface area is 170 Å². The third-order valence-corrected chi connectivity index (χ3v) is 6.74. The van der Waals surface area contributed by atoms with Gasteiger partial charge < -0.3 is 5.32 Å². The molecule has 0 unspecified atom stereocenters. The van der Waals surface area contributed by atoms with Gasteiger partial charge in [0.25, 0.3) is 0 Å². The van der Waals surface area contributed by atoms with Crippen LogP contribution in [0.4, 0.5) is 5.00 Å². The van der Waals surface area contributed by atoms with Gasteiger partial charge in [-0.15, -0.1) is 16.4 Å². The number of tetrazole rings is 1. The number of nitrogens with one attached hydrogen (secondary N) is 1. The van der Waals surface area contributed by atoms with Gasteiger partial charge in [-0.2, -0.15) is 9.94 Å². The number of carbonyl (C=O) groups excluding carboxylic acids is 1. The van der Waals surface area contributed by atoms with E-state index in [9.17, 15) is 10.1 Å². The van der Waals surface area contributed by atoms with Gasteiger partial charge in [-0.1, -0.05) is 36.9 Å². The standard InChI is InChI=1S/C19H18N6OS2/c1-12-7-8-14-15(10-20)18(28-16(14)9-12)21-17(26)11-27-19-22-23-24-25(19)13-5-3-2-4-6-13/h2-6,12H,7-9,11H2,1H3,(H,21,26)/t12-/m1/s1. The van der Waals surface area contributed by atoms with Crippen molar-refractivity contribution in [3.8, 4) is 11.8 Å². The number of nitrogens with zero attached hydrogens (tertiary/aromatic N) is 5. The average molecular weight is 411 g/mol. The molecule has 2 aromatic heterocycles. The zero-order valence-corrected chi connectivity index (χ0v) is 16.9. The number of hydrogen-bond acceptors (Lipinski definition) is 7. The van der Waals surface area contributed by atoms with Gasteiger partial charge in [0, 0.05) is 4.88 Å². The Morgan fingerprint density at radius 1 is 1.43 bits per heavy atom. The van der Waals surface area contributed by atoms with E-state index in [4.69, 9.17) is 0 Å². The molecule has 0 radical (unpaired) electrons. The first kappa shape index (κ1) is 18.7. The molecule has 1 atom stereocenters. The smallest absolute Gasteiger partial charge is 0.235 e. The van der Waals surface area contributed by atoms with Gasteiger partial charge in [0.2, 0.25) is 11.1 Å². The van der Waals surface area contributed by atoms with Crippen molar-refractivity contribution in [2.24, 2.45) is 5.92 Å². The number of carbonyl (C=O) groups is 1. The molecule has 142 valence electrons. The van der Waals surface area contributed by atoms with Gasteiger partial charge in [0.15, 0.2) is 0 Å². The van der Waals surface area contributed by atoms with E-state index in [1.807, 2.05) is 30.3 Å². The van der Waals surface area contributed by atoms with Crippen LogP contribution >= 0.6 is 23.1 Å². The molecule has 9 heteroatoms. The second kappa shape index (κ2) is 8.12. The van der Waals surface area contributed by atoms with Crippen LogP contribution in [-0.4, -0.2) is 31.9 Å². The molecule has 0 saturated heterocycles. The summed E-state index contributed by atoms with van der Waals surface area (Å²) in [5.41, 5.74) is 2.57. The van der Waals surface area contributed by atoms with Gasteiger partial charge in [-0.25, -0.2) is 0 Å². The van der Waals surface area contributed by atoms with E-state index < -0.39 is 0 Å². The van der Waals surface area contributed by atoms with Crippen molar-refractivity contribution in [2.75, 3.05) is 11.1 Å². The first-order chi connectivity index (χ1) is 13.7. The van der Waals surface area contributed by atoms with Crippen LogP contribution in [0.25, 0.3) is 5.69 Å². The molecular weight excluding hydrogens is 392 g/mol. The first-order valence-electron chi connectivity index (χ1n) is 8.96. The van der Waals surface area contributed by atoms with E-state index in [1.165, 1.54) is 28.0 Å². The van der Waals surface area contributed by atoms with Crippen LogP contribution in [0.3, 0.4) is 0 Å². The highest BCUT2D eigenvalue weighted by Crippen LogP contribution is 2.39. The second-order valence-electron chi connectivity index (χ2n) is 6.71. The molecule has 0 saturated carbocycles. The van der Waals surface area contributed by atoms with Crippen LogP contribution in [0.5, 0.6) is 0 Å². The van der Waals surface area contributed by atoms with Crippen LogP contribution in [-0.2, 0) is 17.6 Å². The minimum Gasteiger partial charge on any atom is -0.316 e. The number of para-hydroxylation sites is 1. The number of fused-ring (bicyclic) bond motifs is 1. The number of benzene rings is 1. The molecule has 0 bridgehead atoms. The Kier molecular flexibility index (Phi) is 5.41. The molecule has 1 amide bonds. The Morgan fingerprint density at radius 3 is 3.04 bits per heavy atom. The van der Waals surface area contributed by atoms with E-state index in [0.29, 0.717) is 21.6 Å². The topological polar surface area (TPSA) is 96.5 Å². The van der Waals surface area contributed by atoms with Gasteiger partial charge >= 0.3 is 0 Å². The SMILES string of the molecule is C[C@@H]1CCc2c(sc(NC(=O)CSc3nnnn3-c3ccccc3)c2C#N)C1. The number of thiophene rings is 1. The van der Waals surface area contributed by atoms with Crippen molar-refractivity contribution in [2.45, 2.75) is 31.3 Å². The van der Waals surface area contributed by atoms with Crippen LogP contribution in [0.1, 0.15) is 29.3 Å². The van der Waals surface area contributed by atoms with E-state index in [-0.39, 0.29) is 11.7 Å². The van der Waals surface area contributed by atoms with Crippen LogP contribution in [0, 0.1) is 17.2 Å². The number of thioether (sulfide) groups is 1. The van der Waals surface area contributed by atoms with E-state index in [0.717, 1.165) is 30.5 Å². The lowest BCUT2D eigenvalue weighted by Crippen LogP contribution is -2.14. The maximum absolute atomic E-state index is 12.5. The summed E-state index contributed by atoms with van der Waals surface area (Å²) >= 11 is 2.79. The molecule has 1 aliphatic carbocycles. The summed E-state index contributed by atoms with van der Waals surface area (Å²) in [6.07, 6.45) is 2.97. The number of amides is 1. The highest BCUT2D eigenvalue weighted by Gasteiger charge is 2.24. The molecule has 28 heavy (non-hydrogen) atoms. The van der Waals surface area contributed by atoms with Crippen molar-refractivity contribution in [3.63, 3.8) is 0 Å². The summed E-state index contributed by atoms with van der Waals surface area (Å²) in [6.45, 7) is 2.22. The predicted molar refractivity (Wildman–Crippen MR) is 109 cm³/mol. The van der Waals surface area contributed by atoms with Crippen molar-refractivity contribution >= 4 is 34.0 Å². The lowest BCUT2D eigenvalue weighted by Gasteiger charge is -2.17. The highest BCUT2D eigenvalue weighted by atomic mass is 32.2. The Balaban J connectivity index is 1.44. The van der Waals surface area contributed by atoms with Crippen molar-refractivity contribution < 1.29 is 4.79 Å². The molecule has 4 rings (SSSR count).